The molecule has 0 aromatic heterocycles. The van der Waals surface area contributed by atoms with Crippen molar-refractivity contribution in [1.82, 2.24) is 10.4 Å². The van der Waals surface area contributed by atoms with Crippen molar-refractivity contribution in [2.24, 2.45) is 11.8 Å². The van der Waals surface area contributed by atoms with E-state index in [9.17, 15) is 4.79 Å². The summed E-state index contributed by atoms with van der Waals surface area (Å²) in [5.74, 6) is 0.479. The molecule has 2 N–H and O–H groups in total. The number of aliphatic hydroxyl groups excluding tert-OH is 1. The average molecular weight is 306 g/mol. The topological polar surface area (TPSA) is 61.8 Å². The predicted molar refractivity (Wildman–Crippen MR) is 84.8 cm³/mol. The Morgan fingerprint density at radius 1 is 1.36 bits per heavy atom. The van der Waals surface area contributed by atoms with Gasteiger partial charge >= 0.3 is 0 Å². The molecule has 2 atom stereocenters. The first-order valence-corrected chi connectivity index (χ1v) is 7.92. The number of carbonyl (C=O) groups is 1. The molecule has 2 rings (SSSR count). The van der Waals surface area contributed by atoms with E-state index in [1.165, 1.54) is 0 Å². The van der Waals surface area contributed by atoms with Crippen molar-refractivity contribution in [2.75, 3.05) is 19.7 Å². The molecule has 0 radical (unpaired) electrons. The number of hydroxylamine groups is 1. The van der Waals surface area contributed by atoms with E-state index in [2.05, 4.69) is 19.3 Å². The third-order valence-corrected chi connectivity index (χ3v) is 3.94. The maximum Gasteiger partial charge on any atom is 0.227 e. The molecule has 1 aromatic rings. The molecule has 0 bridgehead atoms. The third-order valence-electron chi connectivity index (χ3n) is 3.94. The SMILES string of the molecule is CC(C)CC1C(=O)N(CCO)CC1NOCc1ccccc1. The van der Waals surface area contributed by atoms with Crippen LogP contribution < -0.4 is 5.48 Å². The van der Waals surface area contributed by atoms with Crippen LogP contribution in [0.2, 0.25) is 0 Å². The van der Waals surface area contributed by atoms with Crippen LogP contribution in [-0.4, -0.2) is 41.7 Å². The van der Waals surface area contributed by atoms with Gasteiger partial charge in [-0.05, 0) is 17.9 Å². The molecule has 5 heteroatoms. The summed E-state index contributed by atoms with van der Waals surface area (Å²) in [5, 5.41) is 9.08. The van der Waals surface area contributed by atoms with Crippen LogP contribution in [0.5, 0.6) is 0 Å². The van der Waals surface area contributed by atoms with E-state index in [1.807, 2.05) is 30.3 Å². The van der Waals surface area contributed by atoms with E-state index in [1.54, 1.807) is 4.90 Å². The van der Waals surface area contributed by atoms with Crippen LogP contribution >= 0.6 is 0 Å². The molecule has 1 fully saturated rings. The van der Waals surface area contributed by atoms with E-state index in [4.69, 9.17) is 9.94 Å². The minimum atomic E-state index is -0.0812. The van der Waals surface area contributed by atoms with Gasteiger partial charge in [0.2, 0.25) is 5.91 Å². The summed E-state index contributed by atoms with van der Waals surface area (Å²) in [6.07, 6.45) is 0.827. The molecule has 1 aliphatic rings. The Morgan fingerprint density at radius 2 is 2.09 bits per heavy atom. The lowest BCUT2D eigenvalue weighted by atomic mass is 9.93. The molecule has 0 saturated carbocycles. The Kier molecular flexibility index (Phi) is 6.36. The van der Waals surface area contributed by atoms with E-state index >= 15 is 0 Å². The highest BCUT2D eigenvalue weighted by molar-refractivity contribution is 5.82. The van der Waals surface area contributed by atoms with Gasteiger partial charge in [-0.3, -0.25) is 9.63 Å². The second kappa shape index (κ2) is 8.27. The molecule has 0 aliphatic carbocycles. The Labute approximate surface area is 132 Å². The van der Waals surface area contributed by atoms with Crippen LogP contribution in [0, 0.1) is 11.8 Å². The minimum Gasteiger partial charge on any atom is -0.395 e. The second-order valence-corrected chi connectivity index (χ2v) is 6.24. The van der Waals surface area contributed by atoms with E-state index in [-0.39, 0.29) is 24.5 Å². The molecular formula is C17H26N2O3. The smallest absolute Gasteiger partial charge is 0.227 e. The number of amides is 1. The normalized spacial score (nSPS) is 21.8. The number of nitrogens with zero attached hydrogens (tertiary/aromatic N) is 1. The first kappa shape index (κ1) is 16.9. The Balaban J connectivity index is 1.90. The fourth-order valence-electron chi connectivity index (χ4n) is 2.88. The summed E-state index contributed by atoms with van der Waals surface area (Å²) >= 11 is 0. The first-order chi connectivity index (χ1) is 10.6. The molecule has 5 nitrogen and oxygen atoms in total. The van der Waals surface area contributed by atoms with Gasteiger partial charge in [-0.2, -0.15) is 5.48 Å². The van der Waals surface area contributed by atoms with Crippen molar-refractivity contribution in [2.45, 2.75) is 32.9 Å². The number of aliphatic hydroxyl groups is 1. The highest BCUT2D eigenvalue weighted by Crippen LogP contribution is 2.25. The van der Waals surface area contributed by atoms with Gasteiger partial charge in [0.05, 0.1) is 25.2 Å². The lowest BCUT2D eigenvalue weighted by Gasteiger charge is -2.19. The molecule has 22 heavy (non-hydrogen) atoms. The number of benzene rings is 1. The van der Waals surface area contributed by atoms with Gasteiger partial charge in [-0.1, -0.05) is 44.2 Å². The number of rotatable bonds is 8. The summed E-state index contributed by atoms with van der Waals surface area (Å²) in [6.45, 7) is 5.68. The molecule has 1 aromatic carbocycles. The number of hydrogen-bond acceptors (Lipinski definition) is 4. The van der Waals surface area contributed by atoms with Gasteiger partial charge in [-0.25, -0.2) is 0 Å². The van der Waals surface area contributed by atoms with Crippen LogP contribution in [-0.2, 0) is 16.2 Å². The number of nitrogens with one attached hydrogen (secondary N) is 1. The Bertz CT molecular complexity index is 464. The van der Waals surface area contributed by atoms with Crippen molar-refractivity contribution < 1.29 is 14.7 Å². The van der Waals surface area contributed by atoms with E-state index in [0.29, 0.717) is 25.6 Å². The van der Waals surface area contributed by atoms with Gasteiger partial charge in [0.15, 0.2) is 0 Å². The van der Waals surface area contributed by atoms with Crippen molar-refractivity contribution >= 4 is 5.91 Å². The lowest BCUT2D eigenvalue weighted by Crippen LogP contribution is -2.37. The van der Waals surface area contributed by atoms with Crippen molar-refractivity contribution in [1.29, 1.82) is 0 Å². The predicted octanol–water partition coefficient (Wildman–Crippen LogP) is 1.57. The third kappa shape index (κ3) is 4.53. The molecule has 122 valence electrons. The summed E-state index contributed by atoms with van der Waals surface area (Å²) in [4.78, 5) is 19.7. The quantitative estimate of drug-likeness (QED) is 0.716. The van der Waals surface area contributed by atoms with Crippen molar-refractivity contribution in [3.63, 3.8) is 0 Å². The first-order valence-electron chi connectivity index (χ1n) is 7.92. The Hall–Kier alpha value is -1.43. The van der Waals surface area contributed by atoms with Crippen LogP contribution in [0.1, 0.15) is 25.8 Å². The monoisotopic (exact) mass is 306 g/mol. The summed E-state index contributed by atoms with van der Waals surface area (Å²) in [5.41, 5.74) is 4.15. The zero-order valence-corrected chi connectivity index (χ0v) is 13.4. The van der Waals surface area contributed by atoms with Crippen molar-refractivity contribution in [3.05, 3.63) is 35.9 Å². The summed E-state index contributed by atoms with van der Waals surface area (Å²) in [7, 11) is 0. The number of β-amino-alcohol motifs (C(OH)–C–C–N with tert-alkyl or cyclic N) is 1. The minimum absolute atomic E-state index is 0.00225. The molecule has 1 heterocycles. The number of likely N-dealkylation sites (tertiary alicyclic amines) is 1. The van der Waals surface area contributed by atoms with Gasteiger partial charge < -0.3 is 10.0 Å². The zero-order valence-electron chi connectivity index (χ0n) is 13.4. The molecule has 0 spiro atoms. The highest BCUT2D eigenvalue weighted by Gasteiger charge is 2.40. The fourth-order valence-corrected chi connectivity index (χ4v) is 2.88. The number of carbonyl (C=O) groups excluding carboxylic acids is 1. The van der Waals surface area contributed by atoms with Crippen LogP contribution in [0.3, 0.4) is 0 Å². The van der Waals surface area contributed by atoms with Gasteiger partial charge in [-0.15, -0.1) is 0 Å². The fraction of sp³-hybridized carbons (Fsp3) is 0.588. The van der Waals surface area contributed by atoms with Crippen LogP contribution in [0.15, 0.2) is 30.3 Å². The maximum atomic E-state index is 12.4. The molecule has 1 amide bonds. The maximum absolute atomic E-state index is 12.4. The lowest BCUT2D eigenvalue weighted by molar-refractivity contribution is -0.132. The second-order valence-electron chi connectivity index (χ2n) is 6.24. The van der Waals surface area contributed by atoms with Crippen molar-refractivity contribution in [3.8, 4) is 0 Å². The van der Waals surface area contributed by atoms with E-state index in [0.717, 1.165) is 12.0 Å². The van der Waals surface area contributed by atoms with Gasteiger partial charge in [0.1, 0.15) is 0 Å². The molecule has 1 aliphatic heterocycles. The zero-order chi connectivity index (χ0) is 15.9. The van der Waals surface area contributed by atoms with Crippen LogP contribution in [0.25, 0.3) is 0 Å². The van der Waals surface area contributed by atoms with Gasteiger partial charge in [0.25, 0.3) is 0 Å². The molecule has 2 unspecified atom stereocenters. The molecular weight excluding hydrogens is 280 g/mol. The summed E-state index contributed by atoms with van der Waals surface area (Å²) in [6, 6.07) is 9.91. The standard InChI is InChI=1S/C17H26N2O3/c1-13(2)10-15-16(11-19(8-9-20)17(15)21)18-22-12-14-6-4-3-5-7-14/h3-7,13,15-16,18,20H,8-12H2,1-2H3. The van der Waals surface area contributed by atoms with Gasteiger partial charge in [0, 0.05) is 13.1 Å². The largest absolute Gasteiger partial charge is 0.395 e. The van der Waals surface area contributed by atoms with E-state index < -0.39 is 0 Å². The number of hydrogen-bond donors (Lipinski definition) is 2. The molecule has 1 saturated heterocycles. The highest BCUT2D eigenvalue weighted by atomic mass is 16.6. The summed E-state index contributed by atoms with van der Waals surface area (Å²) < 4.78 is 0. The van der Waals surface area contributed by atoms with Crippen LogP contribution in [0.4, 0.5) is 0 Å². The Morgan fingerprint density at radius 3 is 2.73 bits per heavy atom. The average Bonchev–Trinajstić information content (AvgIpc) is 2.77.